The molecule has 1 fully saturated rings. The molecule has 1 amide bonds. The molecule has 9 heteroatoms. The number of hydrogen-bond donors (Lipinski definition) is 1. The van der Waals surface area contributed by atoms with E-state index >= 15 is 0 Å². The van der Waals surface area contributed by atoms with Crippen LogP contribution >= 0.6 is 0 Å². The molecular weight excluding hydrogens is 469 g/mol. The molecule has 2 aromatic carbocycles. The number of rotatable bonds is 5. The summed E-state index contributed by atoms with van der Waals surface area (Å²) in [5.74, 6) is 0.179. The Morgan fingerprint density at radius 3 is 2.53 bits per heavy atom. The van der Waals surface area contributed by atoms with E-state index < -0.39 is 17.6 Å². The minimum atomic E-state index is -4.63. The molecule has 6 nitrogen and oxygen atoms in total. The summed E-state index contributed by atoms with van der Waals surface area (Å²) in [5, 5.41) is 2.57. The third-order valence-corrected chi connectivity index (χ3v) is 6.27. The molecule has 1 saturated heterocycles. The van der Waals surface area contributed by atoms with Gasteiger partial charge in [0.25, 0.3) is 0 Å². The van der Waals surface area contributed by atoms with Crippen molar-refractivity contribution >= 4 is 28.8 Å². The number of amides is 1. The minimum Gasteiger partial charge on any atom is -0.493 e. The largest absolute Gasteiger partial charge is 0.493 e. The number of fused-ring (bicyclic) bond motifs is 1. The number of aliphatic imine (C=N–C) groups is 1. The van der Waals surface area contributed by atoms with Crippen molar-refractivity contribution in [1.82, 2.24) is 4.98 Å². The standard InChI is InChI=1S/C27H25F3N4O2/c1-2-36-24-15-23-22(14-20(24)27(28,29)30)33-26(35)16-21(32-23)19-7-5-6-17(12-19)18-8-9-31-25(13-18)34-10-3-4-11-34/h5-9,12-15H,2-4,10-11,16H2,1H3,(H,33,35). The summed E-state index contributed by atoms with van der Waals surface area (Å²) >= 11 is 0. The van der Waals surface area contributed by atoms with Crippen LogP contribution in [0.5, 0.6) is 5.75 Å². The Labute approximate surface area is 206 Å². The number of carbonyl (C=O) groups is 1. The van der Waals surface area contributed by atoms with Crippen LogP contribution in [-0.4, -0.2) is 36.3 Å². The van der Waals surface area contributed by atoms with Gasteiger partial charge in [-0.05, 0) is 60.7 Å². The lowest BCUT2D eigenvalue weighted by atomic mass is 10.00. The summed E-state index contributed by atoms with van der Waals surface area (Å²) in [6, 6.07) is 13.7. The molecular formula is C27H25F3N4O2. The normalized spacial score (nSPS) is 15.7. The third kappa shape index (κ3) is 4.91. The topological polar surface area (TPSA) is 66.8 Å². The molecule has 186 valence electrons. The predicted molar refractivity (Wildman–Crippen MR) is 133 cm³/mol. The highest BCUT2D eigenvalue weighted by molar-refractivity contribution is 6.17. The zero-order valence-electron chi connectivity index (χ0n) is 19.7. The first kappa shape index (κ1) is 23.8. The highest BCUT2D eigenvalue weighted by atomic mass is 19.4. The van der Waals surface area contributed by atoms with E-state index in [1.807, 2.05) is 36.4 Å². The fourth-order valence-corrected chi connectivity index (χ4v) is 4.55. The van der Waals surface area contributed by atoms with Gasteiger partial charge in [0, 0.05) is 25.4 Å². The number of anilines is 2. The summed E-state index contributed by atoms with van der Waals surface area (Å²) in [6.45, 7) is 3.66. The molecule has 0 saturated carbocycles. The maximum Gasteiger partial charge on any atom is 0.420 e. The summed E-state index contributed by atoms with van der Waals surface area (Å²) in [6.07, 6.45) is -0.606. The number of halogens is 3. The molecule has 0 aliphatic carbocycles. The van der Waals surface area contributed by atoms with Gasteiger partial charge in [-0.2, -0.15) is 13.2 Å². The highest BCUT2D eigenvalue weighted by Gasteiger charge is 2.36. The first-order valence-corrected chi connectivity index (χ1v) is 11.9. The van der Waals surface area contributed by atoms with E-state index in [0.717, 1.165) is 48.9 Å². The lowest BCUT2D eigenvalue weighted by Gasteiger charge is -2.17. The van der Waals surface area contributed by atoms with E-state index in [2.05, 4.69) is 20.2 Å². The van der Waals surface area contributed by atoms with Crippen LogP contribution in [0, 0.1) is 0 Å². The maximum atomic E-state index is 13.6. The van der Waals surface area contributed by atoms with Gasteiger partial charge in [0.05, 0.1) is 35.7 Å². The molecule has 0 bridgehead atoms. The molecule has 1 aromatic heterocycles. The Kier molecular flexibility index (Phi) is 6.38. The SMILES string of the molecule is CCOc1cc2c(cc1C(F)(F)F)NC(=O)CC(c1cccc(-c3ccnc(N4CCCC4)c3)c1)=N2. The molecule has 36 heavy (non-hydrogen) atoms. The van der Waals surface area contributed by atoms with E-state index in [-0.39, 0.29) is 30.2 Å². The first-order valence-electron chi connectivity index (χ1n) is 11.9. The van der Waals surface area contributed by atoms with Crippen molar-refractivity contribution in [3.63, 3.8) is 0 Å². The lowest BCUT2D eigenvalue weighted by Crippen LogP contribution is -2.18. The van der Waals surface area contributed by atoms with Crippen molar-refractivity contribution in [3.05, 3.63) is 65.9 Å². The fraction of sp³-hybridized carbons (Fsp3) is 0.296. The number of nitrogens with zero attached hydrogens (tertiary/aromatic N) is 3. The van der Waals surface area contributed by atoms with Crippen LogP contribution in [0.3, 0.4) is 0 Å². The smallest absolute Gasteiger partial charge is 0.420 e. The van der Waals surface area contributed by atoms with Crippen molar-refractivity contribution in [2.45, 2.75) is 32.4 Å². The number of nitrogens with one attached hydrogen (secondary N) is 1. The molecule has 0 spiro atoms. The van der Waals surface area contributed by atoms with Gasteiger partial charge in [-0.3, -0.25) is 4.79 Å². The summed E-state index contributed by atoms with van der Waals surface area (Å²) in [7, 11) is 0. The monoisotopic (exact) mass is 494 g/mol. The van der Waals surface area contributed by atoms with Crippen molar-refractivity contribution < 1.29 is 22.7 Å². The molecule has 3 heterocycles. The second-order valence-corrected chi connectivity index (χ2v) is 8.76. The van der Waals surface area contributed by atoms with Gasteiger partial charge >= 0.3 is 6.18 Å². The number of carbonyl (C=O) groups excluding carboxylic acids is 1. The van der Waals surface area contributed by atoms with Gasteiger partial charge in [0.1, 0.15) is 11.6 Å². The fourth-order valence-electron chi connectivity index (χ4n) is 4.55. The molecule has 2 aliphatic rings. The van der Waals surface area contributed by atoms with E-state index in [4.69, 9.17) is 4.74 Å². The molecule has 1 N–H and O–H groups in total. The van der Waals surface area contributed by atoms with Crippen LogP contribution in [0.1, 0.15) is 37.3 Å². The zero-order valence-corrected chi connectivity index (χ0v) is 19.7. The van der Waals surface area contributed by atoms with Gasteiger partial charge in [-0.1, -0.05) is 18.2 Å². The molecule has 0 unspecified atom stereocenters. The van der Waals surface area contributed by atoms with Crippen LogP contribution in [0.4, 0.5) is 30.4 Å². The zero-order chi connectivity index (χ0) is 25.3. The van der Waals surface area contributed by atoms with E-state index in [0.29, 0.717) is 11.3 Å². The molecule has 5 rings (SSSR count). The van der Waals surface area contributed by atoms with Crippen LogP contribution in [0.25, 0.3) is 11.1 Å². The number of pyridine rings is 1. The Hall–Kier alpha value is -3.88. The van der Waals surface area contributed by atoms with Gasteiger partial charge < -0.3 is 15.0 Å². The van der Waals surface area contributed by atoms with Crippen molar-refractivity contribution in [2.24, 2.45) is 4.99 Å². The Morgan fingerprint density at radius 1 is 1.03 bits per heavy atom. The van der Waals surface area contributed by atoms with Crippen molar-refractivity contribution in [1.29, 1.82) is 0 Å². The van der Waals surface area contributed by atoms with E-state index in [1.54, 1.807) is 13.1 Å². The molecule has 0 radical (unpaired) electrons. The Balaban J connectivity index is 1.54. The van der Waals surface area contributed by atoms with Crippen molar-refractivity contribution in [2.75, 3.05) is 29.9 Å². The second-order valence-electron chi connectivity index (χ2n) is 8.76. The van der Waals surface area contributed by atoms with Crippen LogP contribution in [0.2, 0.25) is 0 Å². The number of aromatic nitrogens is 1. The average molecular weight is 495 g/mol. The number of benzene rings is 2. The van der Waals surface area contributed by atoms with Gasteiger partial charge in [0.2, 0.25) is 5.91 Å². The maximum absolute atomic E-state index is 13.6. The van der Waals surface area contributed by atoms with Gasteiger partial charge in [0.15, 0.2) is 0 Å². The number of alkyl halides is 3. The van der Waals surface area contributed by atoms with Gasteiger partial charge in [-0.25, -0.2) is 9.98 Å². The van der Waals surface area contributed by atoms with E-state index in [9.17, 15) is 18.0 Å². The summed E-state index contributed by atoms with van der Waals surface area (Å²) < 4.78 is 46.0. The van der Waals surface area contributed by atoms with Crippen LogP contribution in [0.15, 0.2) is 59.7 Å². The summed E-state index contributed by atoms with van der Waals surface area (Å²) in [4.78, 5) is 24.0. The summed E-state index contributed by atoms with van der Waals surface area (Å²) in [5.41, 5.74) is 2.38. The minimum absolute atomic E-state index is 0.00585. The van der Waals surface area contributed by atoms with Crippen molar-refractivity contribution in [3.8, 4) is 16.9 Å². The number of ether oxygens (including phenoxy) is 1. The number of hydrogen-bond acceptors (Lipinski definition) is 5. The average Bonchev–Trinajstić information content (AvgIpc) is 3.34. The quantitative estimate of drug-likeness (QED) is 0.457. The van der Waals surface area contributed by atoms with E-state index in [1.165, 1.54) is 6.07 Å². The van der Waals surface area contributed by atoms with Crippen LogP contribution < -0.4 is 15.0 Å². The molecule has 2 aliphatic heterocycles. The lowest BCUT2D eigenvalue weighted by molar-refractivity contribution is -0.138. The Bertz CT molecular complexity index is 1330. The third-order valence-electron chi connectivity index (χ3n) is 6.27. The van der Waals surface area contributed by atoms with Crippen LogP contribution in [-0.2, 0) is 11.0 Å². The second kappa shape index (κ2) is 9.64. The molecule has 0 atom stereocenters. The predicted octanol–water partition coefficient (Wildman–Crippen LogP) is 6.23. The van der Waals surface area contributed by atoms with Gasteiger partial charge in [-0.15, -0.1) is 0 Å². The first-order chi connectivity index (χ1) is 17.3. The molecule has 3 aromatic rings. The Morgan fingerprint density at radius 2 is 1.78 bits per heavy atom. The highest BCUT2D eigenvalue weighted by Crippen LogP contribution is 2.43.